The van der Waals surface area contributed by atoms with Gasteiger partial charge in [-0.1, -0.05) is 30.3 Å². The lowest BCUT2D eigenvalue weighted by molar-refractivity contribution is -0.139. The van der Waals surface area contributed by atoms with Crippen molar-refractivity contribution in [2.24, 2.45) is 4.99 Å². The van der Waals surface area contributed by atoms with Crippen molar-refractivity contribution in [1.29, 1.82) is 10.5 Å². The van der Waals surface area contributed by atoms with Gasteiger partial charge in [0, 0.05) is 5.56 Å². The van der Waals surface area contributed by atoms with Crippen LogP contribution in [0.15, 0.2) is 47.5 Å². The van der Waals surface area contributed by atoms with E-state index in [4.69, 9.17) is 16.7 Å². The summed E-state index contributed by atoms with van der Waals surface area (Å²) >= 11 is 0. The van der Waals surface area contributed by atoms with Crippen LogP contribution in [0.5, 0.6) is 0 Å². The second kappa shape index (κ2) is 8.26. The molecule has 0 saturated heterocycles. The Morgan fingerprint density at radius 2 is 1.71 bits per heavy atom. The van der Waals surface area contributed by atoms with E-state index in [1.165, 1.54) is 6.07 Å². The molecule has 0 fully saturated rings. The molecule has 8 nitrogen and oxygen atoms in total. The molecule has 12 heteroatoms. The molecule has 1 aliphatic heterocycles. The number of benzene rings is 2. The molecule has 170 valence electrons. The second-order valence-corrected chi connectivity index (χ2v) is 7.22. The van der Waals surface area contributed by atoms with E-state index in [1.807, 2.05) is 6.07 Å². The highest BCUT2D eigenvalue weighted by Gasteiger charge is 2.34. The van der Waals surface area contributed by atoms with Crippen LogP contribution in [0, 0.1) is 28.6 Å². The average Bonchev–Trinajstić information content (AvgIpc) is 2.78. The maximum absolute atomic E-state index is 13.6. The molecule has 1 aliphatic rings. The maximum Gasteiger partial charge on any atom is 0.419 e. The zero-order valence-electron chi connectivity index (χ0n) is 17.1. The number of guanidine groups is 1. The number of halogens is 4. The molecule has 0 saturated carbocycles. The Labute approximate surface area is 190 Å². The van der Waals surface area contributed by atoms with E-state index in [0.29, 0.717) is 16.7 Å². The van der Waals surface area contributed by atoms with E-state index in [-0.39, 0.29) is 34.4 Å². The van der Waals surface area contributed by atoms with E-state index in [9.17, 15) is 22.8 Å². The normalized spacial score (nSPS) is 14.8. The number of hydrogen-bond acceptors (Lipinski definition) is 8. The number of hydrogen-bond donors (Lipinski definition) is 4. The third-order valence-electron chi connectivity index (χ3n) is 5.19. The quantitative estimate of drug-likeness (QED) is 0.254. The van der Waals surface area contributed by atoms with Gasteiger partial charge in [0.15, 0.2) is 6.19 Å². The summed E-state index contributed by atoms with van der Waals surface area (Å²) < 4.78 is 52.9. The number of alkyl halides is 3. The van der Waals surface area contributed by atoms with Crippen LogP contribution in [0.1, 0.15) is 28.3 Å². The molecule has 0 amide bonds. The predicted molar refractivity (Wildman–Crippen MR) is 116 cm³/mol. The third-order valence-corrected chi connectivity index (χ3v) is 5.19. The van der Waals surface area contributed by atoms with Crippen LogP contribution in [0.2, 0.25) is 0 Å². The topological polar surface area (TPSA) is 149 Å². The van der Waals surface area contributed by atoms with E-state index in [0.717, 1.165) is 12.1 Å². The molecular weight excluding hydrogens is 452 g/mol. The second-order valence-electron chi connectivity index (χ2n) is 7.22. The summed E-state index contributed by atoms with van der Waals surface area (Å²) in [7, 11) is 0. The Hall–Kier alpha value is -4.84. The zero-order chi connectivity index (χ0) is 24.6. The van der Waals surface area contributed by atoms with E-state index < -0.39 is 23.6 Å². The largest absolute Gasteiger partial charge is 0.419 e. The summed E-state index contributed by atoms with van der Waals surface area (Å²) in [5.41, 5.74) is 12.1. The Morgan fingerprint density at radius 1 is 1.03 bits per heavy atom. The van der Waals surface area contributed by atoms with Gasteiger partial charge in [-0.3, -0.25) is 5.32 Å². The Balaban J connectivity index is 1.79. The lowest BCUT2D eigenvalue weighted by Crippen LogP contribution is -2.32. The first-order valence-electron chi connectivity index (χ1n) is 9.60. The number of nitrogens with two attached hydrogens (primary N) is 2. The molecule has 1 aromatic heterocycles. The van der Waals surface area contributed by atoms with Crippen LogP contribution in [0.4, 0.5) is 34.9 Å². The Kier molecular flexibility index (Phi) is 5.43. The fourth-order valence-corrected chi connectivity index (χ4v) is 3.60. The molecule has 0 radical (unpaired) electrons. The van der Waals surface area contributed by atoms with Gasteiger partial charge in [0.1, 0.15) is 35.1 Å². The van der Waals surface area contributed by atoms with Gasteiger partial charge in [-0.25, -0.2) is 14.4 Å². The number of anilines is 3. The SMILES string of the molecule is N#CNC1=NC(c2ccc(-c3ccc(F)c(C(F)(F)F)c3)cc2)c2c(nc(N)c(C#N)c2N)N1. The van der Waals surface area contributed by atoms with Crippen LogP contribution in [-0.2, 0) is 6.18 Å². The maximum atomic E-state index is 13.6. The van der Waals surface area contributed by atoms with Gasteiger partial charge < -0.3 is 16.8 Å². The molecule has 1 atom stereocenters. The molecule has 0 spiro atoms. The number of nitriles is 2. The molecule has 4 rings (SSSR count). The van der Waals surface area contributed by atoms with E-state index in [2.05, 4.69) is 20.6 Å². The summed E-state index contributed by atoms with van der Waals surface area (Å²) in [4.78, 5) is 8.56. The minimum Gasteiger partial charge on any atom is -0.397 e. The van der Waals surface area contributed by atoms with Crippen molar-refractivity contribution in [3.8, 4) is 23.4 Å². The summed E-state index contributed by atoms with van der Waals surface area (Å²) in [5.74, 6) is -1.20. The Bertz CT molecular complexity index is 1400. The average molecular weight is 466 g/mol. The number of nitrogens with zero attached hydrogens (tertiary/aromatic N) is 4. The van der Waals surface area contributed by atoms with Crippen LogP contribution in [0.3, 0.4) is 0 Å². The first-order valence-corrected chi connectivity index (χ1v) is 9.60. The molecule has 2 heterocycles. The summed E-state index contributed by atoms with van der Waals surface area (Å²) in [6, 6.07) is 10.1. The number of rotatable bonds is 2. The molecule has 6 N–H and O–H groups in total. The lowest BCUT2D eigenvalue weighted by Gasteiger charge is -2.26. The van der Waals surface area contributed by atoms with Crippen molar-refractivity contribution in [3.05, 3.63) is 70.5 Å². The van der Waals surface area contributed by atoms with E-state index >= 15 is 0 Å². The first-order chi connectivity index (χ1) is 16.1. The molecule has 0 bridgehead atoms. The minimum atomic E-state index is -4.83. The van der Waals surface area contributed by atoms with Gasteiger partial charge >= 0.3 is 6.18 Å². The molecule has 2 aromatic carbocycles. The van der Waals surface area contributed by atoms with Crippen LogP contribution in [-0.4, -0.2) is 10.9 Å². The van der Waals surface area contributed by atoms with Crippen molar-refractivity contribution in [3.63, 3.8) is 0 Å². The number of aliphatic imine (C=N–C) groups is 1. The number of aromatic nitrogens is 1. The molecule has 1 unspecified atom stereocenters. The lowest BCUT2D eigenvalue weighted by atomic mass is 9.93. The predicted octanol–water partition coefficient (Wildman–Crippen LogP) is 3.88. The summed E-state index contributed by atoms with van der Waals surface area (Å²) in [6.45, 7) is 0. The van der Waals surface area contributed by atoms with Gasteiger partial charge in [0.2, 0.25) is 5.96 Å². The van der Waals surface area contributed by atoms with Crippen molar-refractivity contribution in [2.45, 2.75) is 12.2 Å². The van der Waals surface area contributed by atoms with Crippen LogP contribution >= 0.6 is 0 Å². The van der Waals surface area contributed by atoms with Crippen molar-refractivity contribution in [1.82, 2.24) is 10.3 Å². The third kappa shape index (κ3) is 3.89. The number of nitrogen functional groups attached to an aromatic ring is 2. The smallest absolute Gasteiger partial charge is 0.397 e. The number of nitrogens with one attached hydrogen (secondary N) is 2. The van der Waals surface area contributed by atoms with Gasteiger partial charge in [-0.2, -0.15) is 23.7 Å². The van der Waals surface area contributed by atoms with Crippen molar-refractivity contribution >= 4 is 23.3 Å². The minimum absolute atomic E-state index is 0.0277. The van der Waals surface area contributed by atoms with Gasteiger partial charge in [0.05, 0.1) is 11.3 Å². The molecule has 3 aromatic rings. The van der Waals surface area contributed by atoms with E-state index in [1.54, 1.807) is 30.5 Å². The van der Waals surface area contributed by atoms with Crippen molar-refractivity contribution in [2.75, 3.05) is 16.8 Å². The number of fused-ring (bicyclic) bond motifs is 1. The standard InChI is InChI=1S/C22H14F4N8/c23-15-6-5-12(7-14(15)22(24,25)26)10-1-3-11(4-2-10)18-16-17(29)13(8-27)19(30)33-20(16)34-21(32-18)31-9-28/h1-7,18H,(H6,29,30,31,32,33,34). The first kappa shape index (κ1) is 22.4. The van der Waals surface area contributed by atoms with Crippen LogP contribution in [0.25, 0.3) is 11.1 Å². The van der Waals surface area contributed by atoms with Crippen molar-refractivity contribution < 1.29 is 17.6 Å². The molecular formula is C22H14F4N8. The summed E-state index contributed by atoms with van der Waals surface area (Å²) in [5, 5.41) is 23.5. The summed E-state index contributed by atoms with van der Waals surface area (Å²) in [6.07, 6.45) is -3.09. The monoisotopic (exact) mass is 466 g/mol. The van der Waals surface area contributed by atoms with Gasteiger partial charge in [-0.05, 0) is 28.8 Å². The fraction of sp³-hybridized carbons (Fsp3) is 0.0909. The van der Waals surface area contributed by atoms with Crippen LogP contribution < -0.4 is 22.1 Å². The number of pyridine rings is 1. The molecule has 0 aliphatic carbocycles. The van der Waals surface area contributed by atoms with Gasteiger partial charge in [0.25, 0.3) is 0 Å². The Morgan fingerprint density at radius 3 is 2.32 bits per heavy atom. The highest BCUT2D eigenvalue weighted by atomic mass is 19.4. The highest BCUT2D eigenvalue weighted by Crippen LogP contribution is 2.41. The zero-order valence-corrected chi connectivity index (χ0v) is 17.1. The molecule has 34 heavy (non-hydrogen) atoms. The fourth-order valence-electron chi connectivity index (χ4n) is 3.60. The highest BCUT2D eigenvalue weighted by molar-refractivity contribution is 5.98. The van der Waals surface area contributed by atoms with Gasteiger partial charge in [-0.15, -0.1) is 0 Å².